The second kappa shape index (κ2) is 6.46. The lowest BCUT2D eigenvalue weighted by Gasteiger charge is -2.26. The molecule has 1 fully saturated rings. The number of thiophene rings is 1. The summed E-state index contributed by atoms with van der Waals surface area (Å²) in [5, 5.41) is 12.0. The molecule has 6 nitrogen and oxygen atoms in total. The summed E-state index contributed by atoms with van der Waals surface area (Å²) < 4.78 is 5.19. The topological polar surface area (TPSA) is 78.9 Å². The van der Waals surface area contributed by atoms with Crippen LogP contribution in [-0.4, -0.2) is 48.3 Å². The van der Waals surface area contributed by atoms with Crippen molar-refractivity contribution in [1.82, 2.24) is 10.4 Å². The first-order valence-corrected chi connectivity index (χ1v) is 6.66. The molecule has 7 heteroatoms. The summed E-state index contributed by atoms with van der Waals surface area (Å²) in [6.07, 6.45) is 2.52. The van der Waals surface area contributed by atoms with E-state index in [0.29, 0.717) is 31.9 Å². The number of carbonyl (C=O) groups is 2. The molecule has 0 unspecified atom stereocenters. The van der Waals surface area contributed by atoms with Gasteiger partial charge in [0.2, 0.25) is 0 Å². The van der Waals surface area contributed by atoms with Gasteiger partial charge in [-0.15, -0.1) is 11.3 Å². The summed E-state index contributed by atoms with van der Waals surface area (Å²) in [6, 6.07) is 1.67. The van der Waals surface area contributed by atoms with E-state index < -0.39 is 5.97 Å². The zero-order chi connectivity index (χ0) is 13.7. The lowest BCUT2D eigenvalue weighted by atomic mass is 10.3. The number of carboxylic acid groups (broad SMARTS) is 1. The Morgan fingerprint density at radius 3 is 2.84 bits per heavy atom. The summed E-state index contributed by atoms with van der Waals surface area (Å²) in [5.41, 5.74) is 3.32. The van der Waals surface area contributed by atoms with E-state index in [0.717, 1.165) is 11.0 Å². The van der Waals surface area contributed by atoms with Crippen molar-refractivity contribution in [3.63, 3.8) is 0 Å². The number of hydrogen-bond donors (Lipinski definition) is 2. The molecule has 0 aliphatic carbocycles. The summed E-state index contributed by atoms with van der Waals surface area (Å²) in [7, 11) is 0. The van der Waals surface area contributed by atoms with Gasteiger partial charge in [0.15, 0.2) is 0 Å². The maximum atomic E-state index is 11.9. The molecule has 1 aromatic rings. The molecule has 0 aromatic carbocycles. The highest BCUT2D eigenvalue weighted by Gasteiger charge is 2.15. The molecular formula is C12H14N2O4S. The lowest BCUT2D eigenvalue weighted by molar-refractivity contribution is -0.131. The number of ether oxygens (including phenoxy) is 1. The van der Waals surface area contributed by atoms with Gasteiger partial charge in [-0.2, -0.15) is 0 Å². The SMILES string of the molecule is O=C(O)/C=C/c1cc(C(=O)NN2CCOCC2)cs1. The van der Waals surface area contributed by atoms with Crippen LogP contribution in [0, 0.1) is 0 Å². The predicted octanol–water partition coefficient (Wildman–Crippen LogP) is 0.823. The molecule has 1 amide bonds. The number of morpholine rings is 1. The largest absolute Gasteiger partial charge is 0.478 e. The predicted molar refractivity (Wildman–Crippen MR) is 70.8 cm³/mol. The third kappa shape index (κ3) is 4.16. The third-order valence-electron chi connectivity index (χ3n) is 2.54. The molecule has 1 aliphatic rings. The number of carbonyl (C=O) groups excluding carboxylic acids is 1. The van der Waals surface area contributed by atoms with Crippen LogP contribution in [0.1, 0.15) is 15.2 Å². The van der Waals surface area contributed by atoms with E-state index in [-0.39, 0.29) is 5.91 Å². The van der Waals surface area contributed by atoms with Crippen molar-refractivity contribution in [2.45, 2.75) is 0 Å². The summed E-state index contributed by atoms with van der Waals surface area (Å²) in [4.78, 5) is 23.1. The van der Waals surface area contributed by atoms with Gasteiger partial charge >= 0.3 is 5.97 Å². The van der Waals surface area contributed by atoms with E-state index in [2.05, 4.69) is 5.43 Å². The second-order valence-corrected chi connectivity index (χ2v) is 4.89. The minimum atomic E-state index is -1.01. The van der Waals surface area contributed by atoms with Crippen molar-refractivity contribution in [2.75, 3.05) is 26.3 Å². The zero-order valence-corrected chi connectivity index (χ0v) is 11.0. The van der Waals surface area contributed by atoms with E-state index >= 15 is 0 Å². The molecule has 2 heterocycles. The molecule has 1 aromatic heterocycles. The van der Waals surface area contributed by atoms with Gasteiger partial charge in [0.25, 0.3) is 5.91 Å². The van der Waals surface area contributed by atoms with Gasteiger partial charge in [0, 0.05) is 29.4 Å². The van der Waals surface area contributed by atoms with Crippen LogP contribution in [0.5, 0.6) is 0 Å². The van der Waals surface area contributed by atoms with Crippen LogP contribution in [0.4, 0.5) is 0 Å². The summed E-state index contributed by atoms with van der Waals surface area (Å²) in [6.45, 7) is 2.55. The molecule has 2 N–H and O–H groups in total. The molecule has 0 radical (unpaired) electrons. The maximum Gasteiger partial charge on any atom is 0.328 e. The van der Waals surface area contributed by atoms with E-state index in [1.165, 1.54) is 17.4 Å². The number of aliphatic carboxylic acids is 1. The van der Waals surface area contributed by atoms with Gasteiger partial charge in [-0.25, -0.2) is 9.80 Å². The van der Waals surface area contributed by atoms with E-state index in [4.69, 9.17) is 9.84 Å². The highest BCUT2D eigenvalue weighted by Crippen LogP contribution is 2.16. The Bertz CT molecular complexity index is 492. The molecule has 2 rings (SSSR count). The minimum absolute atomic E-state index is 0.187. The van der Waals surface area contributed by atoms with Gasteiger partial charge in [0.05, 0.1) is 18.8 Å². The van der Waals surface area contributed by atoms with Crippen molar-refractivity contribution < 1.29 is 19.4 Å². The van der Waals surface area contributed by atoms with Crippen LogP contribution >= 0.6 is 11.3 Å². The van der Waals surface area contributed by atoms with Gasteiger partial charge < -0.3 is 9.84 Å². The number of carboxylic acids is 1. The van der Waals surface area contributed by atoms with Gasteiger partial charge in [-0.1, -0.05) is 0 Å². The third-order valence-corrected chi connectivity index (χ3v) is 3.44. The molecule has 0 bridgehead atoms. The highest BCUT2D eigenvalue weighted by molar-refractivity contribution is 7.11. The van der Waals surface area contributed by atoms with Crippen molar-refractivity contribution in [1.29, 1.82) is 0 Å². The average molecular weight is 282 g/mol. The lowest BCUT2D eigenvalue weighted by Crippen LogP contribution is -2.48. The number of rotatable bonds is 4. The Morgan fingerprint density at radius 2 is 2.16 bits per heavy atom. The van der Waals surface area contributed by atoms with Crippen molar-refractivity contribution in [3.8, 4) is 0 Å². The van der Waals surface area contributed by atoms with Crippen LogP contribution in [0.2, 0.25) is 0 Å². The van der Waals surface area contributed by atoms with E-state index in [1.807, 2.05) is 5.01 Å². The molecular weight excluding hydrogens is 268 g/mol. The zero-order valence-electron chi connectivity index (χ0n) is 10.2. The Labute approximate surface area is 114 Å². The Balaban J connectivity index is 1.93. The van der Waals surface area contributed by atoms with Crippen molar-refractivity contribution >= 4 is 29.3 Å². The standard InChI is InChI=1S/C12H14N2O4S/c15-11(16)2-1-10-7-9(8-19-10)12(17)13-14-3-5-18-6-4-14/h1-2,7-8H,3-6H2,(H,13,17)(H,15,16)/b2-1+. The quantitative estimate of drug-likeness (QED) is 0.799. The molecule has 0 spiro atoms. The molecule has 1 saturated heterocycles. The molecule has 19 heavy (non-hydrogen) atoms. The Kier molecular flexibility index (Phi) is 4.67. The first kappa shape index (κ1) is 13.7. The van der Waals surface area contributed by atoms with Crippen molar-refractivity contribution in [3.05, 3.63) is 28.0 Å². The van der Waals surface area contributed by atoms with Crippen LogP contribution in [-0.2, 0) is 9.53 Å². The molecule has 0 atom stereocenters. The van der Waals surface area contributed by atoms with Gasteiger partial charge in [-0.3, -0.25) is 10.2 Å². The van der Waals surface area contributed by atoms with Crippen LogP contribution in [0.25, 0.3) is 6.08 Å². The highest BCUT2D eigenvalue weighted by atomic mass is 32.1. The fourth-order valence-corrected chi connectivity index (χ4v) is 2.38. The monoisotopic (exact) mass is 282 g/mol. The average Bonchev–Trinajstić information content (AvgIpc) is 2.86. The van der Waals surface area contributed by atoms with Crippen molar-refractivity contribution in [2.24, 2.45) is 0 Å². The van der Waals surface area contributed by atoms with Crippen LogP contribution < -0.4 is 5.43 Å². The minimum Gasteiger partial charge on any atom is -0.478 e. The number of amides is 1. The van der Waals surface area contributed by atoms with Crippen LogP contribution in [0.3, 0.4) is 0 Å². The fourth-order valence-electron chi connectivity index (χ4n) is 1.60. The fraction of sp³-hybridized carbons (Fsp3) is 0.333. The Morgan fingerprint density at radius 1 is 1.42 bits per heavy atom. The maximum absolute atomic E-state index is 11.9. The number of hydrogen-bond acceptors (Lipinski definition) is 5. The first-order valence-electron chi connectivity index (χ1n) is 5.78. The summed E-state index contributed by atoms with van der Waals surface area (Å²) in [5.74, 6) is -1.19. The Hall–Kier alpha value is -1.70. The number of hydrazine groups is 1. The van der Waals surface area contributed by atoms with E-state index in [9.17, 15) is 9.59 Å². The van der Waals surface area contributed by atoms with Crippen LogP contribution in [0.15, 0.2) is 17.5 Å². The molecule has 1 aliphatic heterocycles. The van der Waals surface area contributed by atoms with Gasteiger partial charge in [-0.05, 0) is 12.1 Å². The smallest absolute Gasteiger partial charge is 0.328 e. The molecule has 0 saturated carbocycles. The van der Waals surface area contributed by atoms with Gasteiger partial charge in [0.1, 0.15) is 0 Å². The van der Waals surface area contributed by atoms with E-state index in [1.54, 1.807) is 11.4 Å². The normalized spacial score (nSPS) is 16.6. The number of nitrogens with zero attached hydrogens (tertiary/aromatic N) is 1. The number of nitrogens with one attached hydrogen (secondary N) is 1. The first-order chi connectivity index (χ1) is 9.15. The molecule has 102 valence electrons. The summed E-state index contributed by atoms with van der Waals surface area (Å²) >= 11 is 1.33. The second-order valence-electron chi connectivity index (χ2n) is 3.95.